The molecular weight excluding hydrogens is 402 g/mol. The molecule has 5 nitrogen and oxygen atoms in total. The molecule has 0 saturated heterocycles. The molecule has 2 aromatic carbocycles. The fourth-order valence-electron chi connectivity index (χ4n) is 2.44. The number of nitrogens with zero attached hydrogens (tertiary/aromatic N) is 2. The van der Waals surface area contributed by atoms with Crippen molar-refractivity contribution in [1.82, 2.24) is 9.36 Å². The van der Waals surface area contributed by atoms with Crippen molar-refractivity contribution in [3.63, 3.8) is 0 Å². The minimum Gasteiger partial charge on any atom is -0.464 e. The fraction of sp³-hybridized carbons (Fsp3) is 0.111. The molecule has 0 bridgehead atoms. The minimum atomic E-state index is -0.144. The van der Waals surface area contributed by atoms with E-state index in [-0.39, 0.29) is 17.3 Å². The number of halogens is 1. The van der Waals surface area contributed by atoms with Crippen molar-refractivity contribution < 1.29 is 4.74 Å². The Balaban J connectivity index is 1.77. The van der Waals surface area contributed by atoms with Gasteiger partial charge in [-0.1, -0.05) is 36.4 Å². The quantitative estimate of drug-likeness (QED) is 0.654. The van der Waals surface area contributed by atoms with Gasteiger partial charge in [-0.15, -0.1) is 0 Å². The van der Waals surface area contributed by atoms with Crippen molar-refractivity contribution in [3.05, 3.63) is 81.2 Å². The molecule has 0 spiro atoms. The predicted octanol–water partition coefficient (Wildman–Crippen LogP) is 3.85. The molecule has 0 aliphatic carbocycles. The average molecular weight is 418 g/mol. The number of anilines is 1. The molecule has 0 atom stereocenters. The van der Waals surface area contributed by atoms with E-state index < -0.39 is 0 Å². The van der Waals surface area contributed by atoms with Crippen LogP contribution >= 0.6 is 28.1 Å². The first-order valence-corrected chi connectivity index (χ1v) is 8.78. The minimum absolute atomic E-state index is 0.144. The van der Waals surface area contributed by atoms with Crippen molar-refractivity contribution in [1.29, 1.82) is 0 Å². The molecule has 0 fully saturated rings. The summed E-state index contributed by atoms with van der Waals surface area (Å²) in [5.41, 5.74) is 2.19. The highest BCUT2D eigenvalue weighted by Gasteiger charge is 2.17. The Morgan fingerprint density at radius 3 is 2.36 bits per heavy atom. The second-order valence-electron chi connectivity index (χ2n) is 5.30. The summed E-state index contributed by atoms with van der Waals surface area (Å²) in [4.78, 5) is 12.5. The van der Waals surface area contributed by atoms with Gasteiger partial charge in [0.1, 0.15) is 11.1 Å². The first kappa shape index (κ1) is 17.4. The van der Waals surface area contributed by atoms with Gasteiger partial charge in [0.25, 0.3) is 10.7 Å². The highest BCUT2D eigenvalue weighted by atomic mass is 79.9. The van der Waals surface area contributed by atoms with E-state index >= 15 is 0 Å². The highest BCUT2D eigenvalue weighted by Crippen LogP contribution is 2.17. The molecule has 3 aromatic rings. The summed E-state index contributed by atoms with van der Waals surface area (Å²) in [6.45, 7) is 0.171. The topological polar surface area (TPSA) is 48.2 Å². The molecule has 0 aliphatic rings. The third kappa shape index (κ3) is 3.83. The van der Waals surface area contributed by atoms with E-state index in [0.717, 1.165) is 11.4 Å². The second-order valence-corrected chi connectivity index (χ2v) is 6.47. The van der Waals surface area contributed by atoms with Crippen LogP contribution in [0.5, 0.6) is 0 Å². The van der Waals surface area contributed by atoms with Gasteiger partial charge in [0.15, 0.2) is 0 Å². The molecule has 0 radical (unpaired) electrons. The lowest BCUT2D eigenvalue weighted by molar-refractivity contribution is 0.286. The number of aromatic nitrogens is 2. The lowest BCUT2D eigenvalue weighted by Gasteiger charge is -2.12. The van der Waals surface area contributed by atoms with E-state index in [2.05, 4.69) is 21.2 Å². The Bertz CT molecular complexity index is 936. The van der Waals surface area contributed by atoms with Crippen LogP contribution in [-0.4, -0.2) is 14.5 Å². The van der Waals surface area contributed by atoms with E-state index in [4.69, 9.17) is 17.0 Å². The number of nitrogens with one attached hydrogen (secondary N) is 1. The zero-order valence-electron chi connectivity index (χ0n) is 13.5. The lowest BCUT2D eigenvalue weighted by atomic mass is 10.3. The second kappa shape index (κ2) is 7.67. The van der Waals surface area contributed by atoms with Gasteiger partial charge in [0, 0.05) is 12.7 Å². The molecule has 0 amide bonds. The molecule has 0 saturated carbocycles. The van der Waals surface area contributed by atoms with Crippen LogP contribution in [0.25, 0.3) is 5.69 Å². The molecule has 1 N–H and O–H groups in total. The van der Waals surface area contributed by atoms with Crippen molar-refractivity contribution in [2.24, 2.45) is 7.05 Å². The first-order valence-electron chi connectivity index (χ1n) is 7.58. The zero-order valence-corrected chi connectivity index (χ0v) is 15.9. The molecule has 1 aromatic heterocycles. The molecule has 3 rings (SSSR count). The highest BCUT2D eigenvalue weighted by molar-refractivity contribution is 9.10. The molecule has 1 heterocycles. The number of para-hydroxylation sites is 2. The van der Waals surface area contributed by atoms with Gasteiger partial charge in [-0.2, -0.15) is 0 Å². The van der Waals surface area contributed by atoms with Crippen molar-refractivity contribution in [2.45, 2.75) is 6.61 Å². The first-order chi connectivity index (χ1) is 12.1. The number of thiocarbonyl (C=S) groups is 1. The summed E-state index contributed by atoms with van der Waals surface area (Å²) in [7, 11) is 1.81. The molecule has 0 aliphatic heterocycles. The SMILES string of the molecule is Cn1c(COC(=S)Nc2ccccc2)c(Br)c(=O)n1-c1ccccc1. The predicted molar refractivity (Wildman–Crippen MR) is 106 cm³/mol. The summed E-state index contributed by atoms with van der Waals surface area (Å²) < 4.78 is 9.41. The van der Waals surface area contributed by atoms with Crippen molar-refractivity contribution in [2.75, 3.05) is 5.32 Å². The van der Waals surface area contributed by atoms with Crippen molar-refractivity contribution >= 4 is 39.0 Å². The smallest absolute Gasteiger partial charge is 0.286 e. The Hall–Kier alpha value is -2.38. The Morgan fingerprint density at radius 1 is 1.12 bits per heavy atom. The van der Waals surface area contributed by atoms with E-state index in [1.807, 2.05) is 67.7 Å². The Morgan fingerprint density at radius 2 is 1.72 bits per heavy atom. The number of ether oxygens (including phenoxy) is 1. The molecular formula is C18H16BrN3O2S. The number of hydrogen-bond donors (Lipinski definition) is 1. The van der Waals surface area contributed by atoms with Crippen LogP contribution in [-0.2, 0) is 18.4 Å². The van der Waals surface area contributed by atoms with E-state index in [0.29, 0.717) is 10.2 Å². The van der Waals surface area contributed by atoms with Crippen LogP contribution in [0.15, 0.2) is 69.9 Å². The van der Waals surface area contributed by atoms with E-state index in [1.165, 1.54) is 0 Å². The number of rotatable bonds is 4. The standard InChI is InChI=1S/C18H16BrN3O2S/c1-21-15(12-24-18(25)20-13-8-4-2-5-9-13)16(19)17(23)22(21)14-10-6-3-7-11-14/h2-11H,12H2,1H3,(H,20,25). The van der Waals surface area contributed by atoms with Gasteiger partial charge in [-0.05, 0) is 52.4 Å². The monoisotopic (exact) mass is 417 g/mol. The molecule has 7 heteroatoms. The van der Waals surface area contributed by atoms with Crippen LogP contribution in [0.2, 0.25) is 0 Å². The summed E-state index contributed by atoms with van der Waals surface area (Å²) >= 11 is 8.58. The number of benzene rings is 2. The summed E-state index contributed by atoms with van der Waals surface area (Å²) in [6.07, 6.45) is 0. The third-order valence-corrected chi connectivity index (χ3v) is 4.70. The van der Waals surface area contributed by atoms with Crippen LogP contribution in [0.4, 0.5) is 5.69 Å². The largest absolute Gasteiger partial charge is 0.464 e. The van der Waals surface area contributed by atoms with Crippen LogP contribution in [0.3, 0.4) is 0 Å². The number of hydrogen-bond acceptors (Lipinski definition) is 3. The van der Waals surface area contributed by atoms with Crippen LogP contribution < -0.4 is 10.9 Å². The van der Waals surface area contributed by atoms with E-state index in [9.17, 15) is 4.79 Å². The van der Waals surface area contributed by atoms with Crippen LogP contribution in [0, 0.1) is 0 Å². The normalized spacial score (nSPS) is 10.5. The summed E-state index contributed by atoms with van der Waals surface area (Å²) in [5, 5.41) is 3.25. The van der Waals surface area contributed by atoms with Gasteiger partial charge in [-0.3, -0.25) is 9.48 Å². The fourth-order valence-corrected chi connectivity index (χ4v) is 3.16. The summed E-state index contributed by atoms with van der Waals surface area (Å²) in [5.74, 6) is 0. The maximum atomic E-state index is 12.5. The lowest BCUT2D eigenvalue weighted by Crippen LogP contribution is -2.20. The maximum absolute atomic E-state index is 12.5. The third-order valence-electron chi connectivity index (χ3n) is 3.69. The Labute approximate surface area is 159 Å². The van der Waals surface area contributed by atoms with E-state index in [1.54, 1.807) is 9.36 Å². The molecule has 0 unspecified atom stereocenters. The van der Waals surface area contributed by atoms with Gasteiger partial charge >= 0.3 is 0 Å². The Kier molecular flexibility index (Phi) is 5.35. The summed E-state index contributed by atoms with van der Waals surface area (Å²) in [6, 6.07) is 19.0. The van der Waals surface area contributed by atoms with Gasteiger partial charge in [-0.25, -0.2) is 4.68 Å². The van der Waals surface area contributed by atoms with Crippen LogP contribution in [0.1, 0.15) is 5.69 Å². The van der Waals surface area contributed by atoms with Gasteiger partial charge < -0.3 is 10.1 Å². The van der Waals surface area contributed by atoms with Gasteiger partial charge in [0.2, 0.25) is 0 Å². The molecule has 25 heavy (non-hydrogen) atoms. The average Bonchev–Trinajstić information content (AvgIpc) is 2.84. The van der Waals surface area contributed by atoms with Crippen molar-refractivity contribution in [3.8, 4) is 5.69 Å². The maximum Gasteiger partial charge on any atom is 0.286 e. The van der Waals surface area contributed by atoms with Gasteiger partial charge in [0.05, 0.1) is 11.4 Å². The zero-order chi connectivity index (χ0) is 17.8. The molecule has 128 valence electrons.